The molecule has 118 valence electrons. The first-order chi connectivity index (χ1) is 11.1. The first-order valence-electron chi connectivity index (χ1n) is 7.04. The molecule has 6 heteroatoms. The van der Waals surface area contributed by atoms with Crippen LogP contribution in [0.15, 0.2) is 53.6 Å². The van der Waals surface area contributed by atoms with E-state index < -0.39 is 6.09 Å². The van der Waals surface area contributed by atoms with E-state index in [1.165, 1.54) is 12.1 Å². The van der Waals surface area contributed by atoms with Gasteiger partial charge in [0.1, 0.15) is 0 Å². The highest BCUT2D eigenvalue weighted by Gasteiger charge is 2.33. The number of nitrogens with zero attached hydrogens (tertiary/aromatic N) is 2. The third kappa shape index (κ3) is 3.33. The van der Waals surface area contributed by atoms with Gasteiger partial charge in [0.25, 0.3) is 0 Å². The van der Waals surface area contributed by atoms with E-state index in [-0.39, 0.29) is 6.04 Å². The molecule has 23 heavy (non-hydrogen) atoms. The number of ether oxygens (including phenoxy) is 1. The lowest BCUT2D eigenvalue weighted by atomic mass is 9.99. The zero-order chi connectivity index (χ0) is 16.4. The number of benzene rings is 2. The van der Waals surface area contributed by atoms with Crippen LogP contribution in [0.1, 0.15) is 23.6 Å². The van der Waals surface area contributed by atoms with Crippen molar-refractivity contribution in [3.63, 3.8) is 0 Å². The predicted octanol–water partition coefficient (Wildman–Crippen LogP) is 4.91. The van der Waals surface area contributed by atoms with Crippen molar-refractivity contribution < 1.29 is 9.53 Å². The number of hydrazone groups is 1. The zero-order valence-electron chi connectivity index (χ0n) is 12.4. The van der Waals surface area contributed by atoms with E-state index >= 15 is 0 Å². The van der Waals surface area contributed by atoms with Crippen molar-refractivity contribution in [2.45, 2.75) is 12.5 Å². The van der Waals surface area contributed by atoms with Crippen LogP contribution in [0.25, 0.3) is 0 Å². The highest BCUT2D eigenvalue weighted by molar-refractivity contribution is 6.31. The Kier molecular flexibility index (Phi) is 4.55. The number of amides is 1. The topological polar surface area (TPSA) is 41.9 Å². The van der Waals surface area contributed by atoms with Crippen LogP contribution in [0.4, 0.5) is 4.79 Å². The lowest BCUT2D eigenvalue weighted by Gasteiger charge is -2.20. The second-order valence-corrected chi connectivity index (χ2v) is 6.01. The van der Waals surface area contributed by atoms with Crippen molar-refractivity contribution >= 4 is 35.0 Å². The molecule has 1 atom stereocenters. The molecule has 2 aromatic rings. The largest absolute Gasteiger partial charge is 0.451 e. The van der Waals surface area contributed by atoms with E-state index in [0.717, 1.165) is 16.8 Å². The molecule has 0 aromatic heterocycles. The first-order valence-corrected chi connectivity index (χ1v) is 7.80. The van der Waals surface area contributed by atoms with E-state index in [1.54, 1.807) is 24.3 Å². The first kappa shape index (κ1) is 15.8. The summed E-state index contributed by atoms with van der Waals surface area (Å²) in [5.41, 5.74) is 2.69. The van der Waals surface area contributed by atoms with Gasteiger partial charge in [0.15, 0.2) is 0 Å². The Morgan fingerprint density at radius 1 is 1.09 bits per heavy atom. The predicted molar refractivity (Wildman–Crippen MR) is 91.0 cm³/mol. The van der Waals surface area contributed by atoms with Gasteiger partial charge in [0.2, 0.25) is 0 Å². The van der Waals surface area contributed by atoms with Crippen molar-refractivity contribution in [2.24, 2.45) is 5.10 Å². The Labute approximate surface area is 144 Å². The highest BCUT2D eigenvalue weighted by Crippen LogP contribution is 2.33. The van der Waals surface area contributed by atoms with Gasteiger partial charge >= 0.3 is 6.09 Å². The molecular formula is C17H14Cl2N2O2. The second kappa shape index (κ2) is 6.60. The zero-order valence-corrected chi connectivity index (χ0v) is 13.9. The fourth-order valence-corrected chi connectivity index (χ4v) is 2.79. The number of hydrogen-bond acceptors (Lipinski definition) is 3. The fourth-order valence-electron chi connectivity index (χ4n) is 2.53. The Morgan fingerprint density at radius 3 is 2.22 bits per heavy atom. The third-order valence-corrected chi connectivity index (χ3v) is 4.21. The number of methoxy groups -OCH3 is 1. The summed E-state index contributed by atoms with van der Waals surface area (Å²) in [4.78, 5) is 12.0. The summed E-state index contributed by atoms with van der Waals surface area (Å²) in [5.74, 6) is 0. The SMILES string of the molecule is COC(=O)N1N=C(c2ccc(Cl)cc2)CC1c1ccc(Cl)cc1. The summed E-state index contributed by atoms with van der Waals surface area (Å²) in [6, 6.07) is 14.5. The molecular weight excluding hydrogens is 335 g/mol. The number of rotatable bonds is 2. The van der Waals surface area contributed by atoms with Crippen LogP contribution >= 0.6 is 23.2 Å². The molecule has 4 nitrogen and oxygen atoms in total. The van der Waals surface area contributed by atoms with Crippen LogP contribution < -0.4 is 0 Å². The average molecular weight is 349 g/mol. The summed E-state index contributed by atoms with van der Waals surface area (Å²) in [7, 11) is 1.34. The molecule has 0 N–H and O–H groups in total. The molecule has 1 amide bonds. The van der Waals surface area contributed by atoms with Crippen LogP contribution in [0.5, 0.6) is 0 Å². The van der Waals surface area contributed by atoms with E-state index in [0.29, 0.717) is 16.5 Å². The average Bonchev–Trinajstić information content (AvgIpc) is 3.00. The summed E-state index contributed by atoms with van der Waals surface area (Å²) in [6.45, 7) is 0. The van der Waals surface area contributed by atoms with Gasteiger partial charge in [0.05, 0.1) is 18.9 Å². The monoisotopic (exact) mass is 348 g/mol. The van der Waals surface area contributed by atoms with Gasteiger partial charge in [0, 0.05) is 16.5 Å². The van der Waals surface area contributed by atoms with Gasteiger partial charge in [-0.25, -0.2) is 4.79 Å². The fraction of sp³-hybridized carbons (Fsp3) is 0.176. The lowest BCUT2D eigenvalue weighted by Crippen LogP contribution is -2.26. The van der Waals surface area contributed by atoms with Crippen molar-refractivity contribution in [1.29, 1.82) is 0 Å². The maximum absolute atomic E-state index is 12.0. The quantitative estimate of drug-likeness (QED) is 0.773. The standard InChI is InChI=1S/C17H14Cl2N2O2/c1-23-17(22)21-16(12-4-8-14(19)9-5-12)10-15(20-21)11-2-6-13(18)7-3-11/h2-9,16H,10H2,1H3. The number of halogens is 2. The Morgan fingerprint density at radius 2 is 1.65 bits per heavy atom. The van der Waals surface area contributed by atoms with E-state index in [9.17, 15) is 4.79 Å². The molecule has 0 saturated carbocycles. The molecule has 1 heterocycles. The molecule has 0 aliphatic carbocycles. The van der Waals surface area contributed by atoms with Crippen LogP contribution in [0.3, 0.4) is 0 Å². The van der Waals surface area contributed by atoms with Gasteiger partial charge in [-0.3, -0.25) is 0 Å². The van der Waals surface area contributed by atoms with Gasteiger partial charge in [-0.1, -0.05) is 47.5 Å². The van der Waals surface area contributed by atoms with E-state index in [2.05, 4.69) is 5.10 Å². The van der Waals surface area contributed by atoms with Gasteiger partial charge < -0.3 is 4.74 Å². The molecule has 1 unspecified atom stereocenters. The lowest BCUT2D eigenvalue weighted by molar-refractivity contribution is 0.113. The third-order valence-electron chi connectivity index (χ3n) is 3.70. The number of carbonyl (C=O) groups excluding carboxylic acids is 1. The van der Waals surface area contributed by atoms with Crippen LogP contribution in [0.2, 0.25) is 10.0 Å². The summed E-state index contributed by atoms with van der Waals surface area (Å²) in [5, 5.41) is 7.11. The molecule has 0 spiro atoms. The maximum atomic E-state index is 12.0. The van der Waals surface area contributed by atoms with E-state index in [1.807, 2.05) is 24.3 Å². The minimum atomic E-state index is -0.492. The minimum Gasteiger partial charge on any atom is -0.451 e. The molecule has 0 saturated heterocycles. The van der Waals surface area contributed by atoms with Crippen LogP contribution in [0, 0.1) is 0 Å². The van der Waals surface area contributed by atoms with Gasteiger partial charge in [-0.15, -0.1) is 0 Å². The summed E-state index contributed by atoms with van der Waals surface area (Å²) in [6.07, 6.45) is 0.104. The van der Waals surface area contributed by atoms with Crippen molar-refractivity contribution in [1.82, 2.24) is 5.01 Å². The maximum Gasteiger partial charge on any atom is 0.430 e. The molecule has 0 bridgehead atoms. The van der Waals surface area contributed by atoms with Crippen LogP contribution in [-0.4, -0.2) is 23.9 Å². The molecule has 2 aromatic carbocycles. The highest BCUT2D eigenvalue weighted by atomic mass is 35.5. The van der Waals surface area contributed by atoms with E-state index in [4.69, 9.17) is 27.9 Å². The smallest absolute Gasteiger partial charge is 0.430 e. The summed E-state index contributed by atoms with van der Waals surface area (Å²) >= 11 is 11.9. The minimum absolute atomic E-state index is 0.217. The van der Waals surface area contributed by atoms with Crippen molar-refractivity contribution in [3.05, 3.63) is 69.7 Å². The molecule has 0 fully saturated rings. The molecule has 0 radical (unpaired) electrons. The number of carbonyl (C=O) groups is 1. The van der Waals surface area contributed by atoms with Crippen molar-refractivity contribution in [3.8, 4) is 0 Å². The van der Waals surface area contributed by atoms with Gasteiger partial charge in [-0.05, 0) is 35.4 Å². The van der Waals surface area contributed by atoms with Crippen molar-refractivity contribution in [2.75, 3.05) is 7.11 Å². The molecule has 3 rings (SSSR count). The molecule has 1 aliphatic heterocycles. The second-order valence-electron chi connectivity index (χ2n) is 5.14. The normalized spacial score (nSPS) is 17.1. The number of hydrogen-bond donors (Lipinski definition) is 0. The Hall–Kier alpha value is -2.04. The Balaban J connectivity index is 1.93. The van der Waals surface area contributed by atoms with Crippen LogP contribution in [-0.2, 0) is 4.74 Å². The van der Waals surface area contributed by atoms with Gasteiger partial charge in [-0.2, -0.15) is 10.1 Å². The molecule has 1 aliphatic rings. The Bertz CT molecular complexity index is 742. The summed E-state index contributed by atoms with van der Waals surface area (Å²) < 4.78 is 4.85.